The number of ether oxygens (including phenoxy) is 2. The van der Waals surface area contributed by atoms with E-state index in [0.29, 0.717) is 25.3 Å². The first-order valence-corrected chi connectivity index (χ1v) is 13.3. The van der Waals surface area contributed by atoms with Gasteiger partial charge in [0.1, 0.15) is 17.3 Å². The summed E-state index contributed by atoms with van der Waals surface area (Å²) in [5.74, 6) is 1.24. The van der Waals surface area contributed by atoms with Gasteiger partial charge >= 0.3 is 0 Å². The second-order valence-electron chi connectivity index (χ2n) is 9.78. The standard InChI is InChI=1S/C30H35FN4O3/c31-23-7-11-25(12-8-23)34-20-18-33(19-21-34)16-3-4-17-35-27-5-1-2-6-28(27)38-29(30(35)36)15-22-37-26-13-9-24(32)10-14-26/h1-2,5-14,29H,3-4,15-22,32H2. The lowest BCUT2D eigenvalue weighted by Crippen LogP contribution is -2.47. The average Bonchev–Trinajstić information content (AvgIpc) is 2.94. The molecule has 2 aliphatic rings. The third-order valence-electron chi connectivity index (χ3n) is 7.17. The van der Waals surface area contributed by atoms with Crippen LogP contribution in [0.4, 0.5) is 21.5 Å². The Morgan fingerprint density at radius 2 is 1.61 bits per heavy atom. The predicted octanol–water partition coefficient (Wildman–Crippen LogP) is 4.57. The summed E-state index contributed by atoms with van der Waals surface area (Å²) in [5.41, 5.74) is 8.32. The number of anilines is 3. The van der Waals surface area contributed by atoms with E-state index >= 15 is 0 Å². The zero-order valence-corrected chi connectivity index (χ0v) is 21.6. The molecule has 0 spiro atoms. The molecule has 0 aliphatic carbocycles. The summed E-state index contributed by atoms with van der Waals surface area (Å²) in [6.45, 7) is 5.85. The Labute approximate surface area is 223 Å². The monoisotopic (exact) mass is 518 g/mol. The van der Waals surface area contributed by atoms with Crippen LogP contribution in [0.1, 0.15) is 19.3 Å². The Hall–Kier alpha value is -3.78. The quantitative estimate of drug-likeness (QED) is 0.313. The number of hydrogen-bond acceptors (Lipinski definition) is 6. The first-order valence-electron chi connectivity index (χ1n) is 13.3. The molecule has 0 saturated carbocycles. The predicted molar refractivity (Wildman–Crippen MR) is 148 cm³/mol. The van der Waals surface area contributed by atoms with Crippen LogP contribution in [-0.2, 0) is 4.79 Å². The van der Waals surface area contributed by atoms with Crippen molar-refractivity contribution in [1.29, 1.82) is 0 Å². The lowest BCUT2D eigenvalue weighted by molar-refractivity contribution is -0.126. The number of fused-ring (bicyclic) bond motifs is 1. The molecule has 0 radical (unpaired) electrons. The number of nitrogens with zero attached hydrogens (tertiary/aromatic N) is 3. The van der Waals surface area contributed by atoms with Crippen molar-refractivity contribution in [2.24, 2.45) is 0 Å². The van der Waals surface area contributed by atoms with Crippen LogP contribution in [0.25, 0.3) is 0 Å². The summed E-state index contributed by atoms with van der Waals surface area (Å²) in [5, 5.41) is 0. The molecule has 5 rings (SSSR count). The van der Waals surface area contributed by atoms with Gasteiger partial charge in [-0.15, -0.1) is 0 Å². The van der Waals surface area contributed by atoms with Gasteiger partial charge in [-0.3, -0.25) is 9.69 Å². The number of piperazine rings is 1. The average molecular weight is 519 g/mol. The highest BCUT2D eigenvalue weighted by Gasteiger charge is 2.33. The van der Waals surface area contributed by atoms with E-state index in [9.17, 15) is 9.18 Å². The lowest BCUT2D eigenvalue weighted by Gasteiger charge is -2.36. The van der Waals surface area contributed by atoms with Gasteiger partial charge in [0.25, 0.3) is 5.91 Å². The van der Waals surface area contributed by atoms with Gasteiger partial charge < -0.3 is 25.0 Å². The van der Waals surface area contributed by atoms with Gasteiger partial charge in [0.2, 0.25) is 0 Å². The van der Waals surface area contributed by atoms with Crippen LogP contribution in [0.15, 0.2) is 72.8 Å². The fourth-order valence-electron chi connectivity index (χ4n) is 5.02. The molecule has 2 heterocycles. The Bertz CT molecular complexity index is 1200. The maximum absolute atomic E-state index is 13.4. The molecule has 1 unspecified atom stereocenters. The number of rotatable bonds is 10. The van der Waals surface area contributed by atoms with Crippen LogP contribution in [0.5, 0.6) is 11.5 Å². The van der Waals surface area contributed by atoms with E-state index in [1.54, 1.807) is 12.1 Å². The molecule has 3 aromatic carbocycles. The fraction of sp³-hybridized carbons (Fsp3) is 0.367. The molecule has 2 aliphatic heterocycles. The van der Waals surface area contributed by atoms with Crippen molar-refractivity contribution in [1.82, 2.24) is 4.90 Å². The fourth-order valence-corrected chi connectivity index (χ4v) is 5.02. The molecule has 2 N–H and O–H groups in total. The summed E-state index contributed by atoms with van der Waals surface area (Å²) >= 11 is 0. The van der Waals surface area contributed by atoms with E-state index in [2.05, 4.69) is 9.80 Å². The number of hydrogen-bond donors (Lipinski definition) is 1. The zero-order chi connectivity index (χ0) is 26.3. The third-order valence-corrected chi connectivity index (χ3v) is 7.17. The van der Waals surface area contributed by atoms with Gasteiger partial charge in [-0.25, -0.2) is 4.39 Å². The highest BCUT2D eigenvalue weighted by atomic mass is 19.1. The summed E-state index contributed by atoms with van der Waals surface area (Å²) in [4.78, 5) is 20.0. The van der Waals surface area contributed by atoms with Crippen LogP contribution >= 0.6 is 0 Å². The van der Waals surface area contributed by atoms with Gasteiger partial charge in [0.05, 0.1) is 12.3 Å². The van der Waals surface area contributed by atoms with Crippen LogP contribution in [0.2, 0.25) is 0 Å². The SMILES string of the molecule is Nc1ccc(OCCC2Oc3ccccc3N(CCCCN3CCN(c4ccc(F)cc4)CC3)C2=O)cc1. The third kappa shape index (κ3) is 6.37. The molecule has 1 saturated heterocycles. The van der Waals surface area contributed by atoms with E-state index < -0.39 is 6.10 Å². The first kappa shape index (κ1) is 25.9. The normalized spacial score (nSPS) is 17.7. The van der Waals surface area contributed by atoms with Crippen LogP contribution in [0, 0.1) is 5.82 Å². The number of carbonyl (C=O) groups is 1. The van der Waals surface area contributed by atoms with Crippen molar-refractivity contribution in [3.8, 4) is 11.5 Å². The molecular formula is C30H35FN4O3. The summed E-state index contributed by atoms with van der Waals surface area (Å²) in [7, 11) is 0. The Morgan fingerprint density at radius 3 is 2.37 bits per heavy atom. The minimum Gasteiger partial charge on any atom is -0.493 e. The summed E-state index contributed by atoms with van der Waals surface area (Å²) in [6.07, 6.45) is 1.81. The first-order chi connectivity index (χ1) is 18.6. The largest absolute Gasteiger partial charge is 0.493 e. The molecule has 1 amide bonds. The molecule has 8 heteroatoms. The van der Waals surface area contributed by atoms with Crippen LogP contribution < -0.4 is 25.0 Å². The molecule has 0 aromatic heterocycles. The molecule has 1 atom stereocenters. The number of halogens is 1. The van der Waals surface area contributed by atoms with Crippen molar-refractivity contribution in [3.63, 3.8) is 0 Å². The number of amides is 1. The number of nitrogens with two attached hydrogens (primary N) is 1. The van der Waals surface area contributed by atoms with E-state index in [-0.39, 0.29) is 11.7 Å². The van der Waals surface area contributed by atoms with Crippen molar-refractivity contribution in [2.45, 2.75) is 25.4 Å². The van der Waals surface area contributed by atoms with E-state index in [0.717, 1.165) is 68.4 Å². The number of nitrogen functional groups attached to an aromatic ring is 1. The molecule has 3 aromatic rings. The van der Waals surface area contributed by atoms with E-state index in [1.165, 1.54) is 12.1 Å². The summed E-state index contributed by atoms with van der Waals surface area (Å²) < 4.78 is 25.1. The summed E-state index contributed by atoms with van der Waals surface area (Å²) in [6, 6.07) is 21.7. The minimum absolute atomic E-state index is 0.0162. The second-order valence-corrected chi connectivity index (χ2v) is 9.78. The molecular weight excluding hydrogens is 483 g/mol. The lowest BCUT2D eigenvalue weighted by atomic mass is 10.1. The van der Waals surface area contributed by atoms with E-state index in [4.69, 9.17) is 15.2 Å². The second kappa shape index (κ2) is 12.2. The smallest absolute Gasteiger partial charge is 0.268 e. The highest BCUT2D eigenvalue weighted by molar-refractivity contribution is 6.00. The zero-order valence-electron chi connectivity index (χ0n) is 21.6. The topological polar surface area (TPSA) is 71.3 Å². The number of carbonyl (C=O) groups excluding carboxylic acids is 1. The highest BCUT2D eigenvalue weighted by Crippen LogP contribution is 2.34. The van der Waals surface area contributed by atoms with Crippen molar-refractivity contribution in [2.75, 3.05) is 61.4 Å². The molecule has 7 nitrogen and oxygen atoms in total. The maximum Gasteiger partial charge on any atom is 0.268 e. The molecule has 0 bridgehead atoms. The van der Waals surface area contributed by atoms with Gasteiger partial charge in [0.15, 0.2) is 6.10 Å². The molecule has 200 valence electrons. The Balaban J connectivity index is 1.09. The van der Waals surface area contributed by atoms with Gasteiger partial charge in [-0.2, -0.15) is 0 Å². The van der Waals surface area contributed by atoms with Gasteiger partial charge in [0, 0.05) is 50.5 Å². The number of unbranched alkanes of at least 4 members (excludes halogenated alkanes) is 1. The van der Waals surface area contributed by atoms with Crippen LogP contribution in [-0.4, -0.2) is 62.8 Å². The van der Waals surface area contributed by atoms with Gasteiger partial charge in [-0.05, 0) is 80.1 Å². The van der Waals surface area contributed by atoms with Gasteiger partial charge in [-0.1, -0.05) is 12.1 Å². The molecule has 38 heavy (non-hydrogen) atoms. The van der Waals surface area contributed by atoms with Crippen molar-refractivity contribution in [3.05, 3.63) is 78.6 Å². The number of benzene rings is 3. The Kier molecular flexibility index (Phi) is 8.28. The van der Waals surface area contributed by atoms with E-state index in [1.807, 2.05) is 53.4 Å². The Morgan fingerprint density at radius 1 is 0.895 bits per heavy atom. The number of para-hydroxylation sites is 2. The van der Waals surface area contributed by atoms with Crippen molar-refractivity contribution < 1.29 is 18.7 Å². The minimum atomic E-state index is -0.571. The molecule has 1 fully saturated rings. The van der Waals surface area contributed by atoms with Crippen molar-refractivity contribution >= 4 is 23.0 Å². The van der Waals surface area contributed by atoms with Crippen LogP contribution in [0.3, 0.4) is 0 Å². The maximum atomic E-state index is 13.4.